The van der Waals surface area contributed by atoms with Crippen LogP contribution in [0.25, 0.3) is 5.69 Å². The standard InChI is InChI=1S/C18H24N4O.ClH/c1-14(15-4-2-9-19-13-15)12-18(23)21-16-5-7-17(8-6-16)22-11-3-10-20-22;/h3,5-8,10-11,14-15,19H,2,4,9,12-13H2,1H3,(H,21,23);1H. The molecule has 24 heavy (non-hydrogen) atoms. The van der Waals surface area contributed by atoms with Crippen LogP contribution in [0.3, 0.4) is 0 Å². The molecule has 1 fully saturated rings. The molecule has 5 nitrogen and oxygen atoms in total. The summed E-state index contributed by atoms with van der Waals surface area (Å²) in [6.45, 7) is 4.32. The molecule has 1 amide bonds. The topological polar surface area (TPSA) is 59.0 Å². The number of carbonyl (C=O) groups excluding carboxylic acids is 1. The second-order valence-electron chi connectivity index (χ2n) is 6.33. The largest absolute Gasteiger partial charge is 0.326 e. The van der Waals surface area contributed by atoms with Gasteiger partial charge >= 0.3 is 0 Å². The summed E-state index contributed by atoms with van der Waals surface area (Å²) in [7, 11) is 0. The third-order valence-electron chi connectivity index (χ3n) is 4.57. The molecule has 2 aromatic rings. The molecule has 1 saturated heterocycles. The van der Waals surface area contributed by atoms with E-state index in [1.54, 1.807) is 10.9 Å². The lowest BCUT2D eigenvalue weighted by Crippen LogP contribution is -2.34. The minimum atomic E-state index is 0. The third-order valence-corrected chi connectivity index (χ3v) is 4.57. The number of amides is 1. The maximum Gasteiger partial charge on any atom is 0.224 e. The maximum atomic E-state index is 12.2. The fraction of sp³-hybridized carbons (Fsp3) is 0.444. The highest BCUT2D eigenvalue weighted by molar-refractivity contribution is 5.90. The lowest BCUT2D eigenvalue weighted by molar-refractivity contribution is -0.117. The molecule has 2 atom stereocenters. The molecule has 2 heterocycles. The number of rotatable bonds is 5. The second kappa shape index (κ2) is 8.85. The van der Waals surface area contributed by atoms with Crippen molar-refractivity contribution in [2.45, 2.75) is 26.2 Å². The van der Waals surface area contributed by atoms with Crippen LogP contribution in [0, 0.1) is 11.8 Å². The molecule has 1 aromatic heterocycles. The summed E-state index contributed by atoms with van der Waals surface area (Å²) in [5.41, 5.74) is 1.81. The van der Waals surface area contributed by atoms with Gasteiger partial charge in [-0.2, -0.15) is 5.10 Å². The van der Waals surface area contributed by atoms with E-state index in [0.717, 1.165) is 24.5 Å². The Bertz CT molecular complexity index is 621. The van der Waals surface area contributed by atoms with Crippen LogP contribution in [0.2, 0.25) is 0 Å². The number of nitrogens with one attached hydrogen (secondary N) is 2. The number of halogens is 1. The van der Waals surface area contributed by atoms with E-state index in [0.29, 0.717) is 18.3 Å². The summed E-state index contributed by atoms with van der Waals surface area (Å²) < 4.78 is 1.80. The first-order valence-electron chi connectivity index (χ1n) is 8.33. The van der Waals surface area contributed by atoms with Crippen molar-refractivity contribution in [3.63, 3.8) is 0 Å². The van der Waals surface area contributed by atoms with E-state index in [4.69, 9.17) is 0 Å². The highest BCUT2D eigenvalue weighted by Gasteiger charge is 2.21. The van der Waals surface area contributed by atoms with Crippen molar-refractivity contribution in [1.82, 2.24) is 15.1 Å². The molecule has 0 bridgehead atoms. The van der Waals surface area contributed by atoms with Crippen molar-refractivity contribution in [1.29, 1.82) is 0 Å². The summed E-state index contributed by atoms with van der Waals surface area (Å²) in [6, 6.07) is 9.63. The van der Waals surface area contributed by atoms with Crippen molar-refractivity contribution in [3.05, 3.63) is 42.7 Å². The number of aromatic nitrogens is 2. The highest BCUT2D eigenvalue weighted by atomic mass is 35.5. The number of anilines is 1. The molecule has 0 radical (unpaired) electrons. The first-order valence-corrected chi connectivity index (χ1v) is 8.33. The molecule has 0 saturated carbocycles. The molecule has 1 aliphatic heterocycles. The minimum absolute atomic E-state index is 0. The molecule has 2 N–H and O–H groups in total. The van der Waals surface area contributed by atoms with Crippen LogP contribution in [-0.4, -0.2) is 28.8 Å². The smallest absolute Gasteiger partial charge is 0.224 e. The highest BCUT2D eigenvalue weighted by Crippen LogP contribution is 2.23. The molecular weight excluding hydrogens is 324 g/mol. The Morgan fingerprint density at radius 2 is 2.21 bits per heavy atom. The Balaban J connectivity index is 0.00000208. The van der Waals surface area contributed by atoms with Gasteiger partial charge in [-0.1, -0.05) is 6.92 Å². The molecule has 0 spiro atoms. The van der Waals surface area contributed by atoms with Crippen LogP contribution >= 0.6 is 12.4 Å². The lowest BCUT2D eigenvalue weighted by atomic mass is 9.85. The second-order valence-corrected chi connectivity index (χ2v) is 6.33. The summed E-state index contributed by atoms with van der Waals surface area (Å²) in [5.74, 6) is 1.11. The molecule has 6 heteroatoms. The summed E-state index contributed by atoms with van der Waals surface area (Å²) in [6.07, 6.45) is 6.66. The van der Waals surface area contributed by atoms with Crippen molar-refractivity contribution in [2.24, 2.45) is 11.8 Å². The van der Waals surface area contributed by atoms with Gasteiger partial charge in [0.1, 0.15) is 0 Å². The van der Waals surface area contributed by atoms with E-state index in [1.807, 2.05) is 36.5 Å². The first-order chi connectivity index (χ1) is 11.2. The number of hydrogen-bond acceptors (Lipinski definition) is 3. The zero-order chi connectivity index (χ0) is 16.1. The van der Waals surface area contributed by atoms with Crippen molar-refractivity contribution < 1.29 is 4.79 Å². The van der Waals surface area contributed by atoms with E-state index in [9.17, 15) is 4.79 Å². The molecule has 0 aliphatic carbocycles. The zero-order valence-corrected chi connectivity index (χ0v) is 14.8. The Kier molecular flexibility index (Phi) is 6.82. The van der Waals surface area contributed by atoms with Gasteiger partial charge in [0.2, 0.25) is 5.91 Å². The van der Waals surface area contributed by atoms with Gasteiger partial charge in [0.15, 0.2) is 0 Å². The van der Waals surface area contributed by atoms with Crippen molar-refractivity contribution in [2.75, 3.05) is 18.4 Å². The number of hydrogen-bond donors (Lipinski definition) is 2. The van der Waals surface area contributed by atoms with Crippen LogP contribution in [-0.2, 0) is 4.79 Å². The fourth-order valence-corrected chi connectivity index (χ4v) is 3.15. The predicted octanol–water partition coefficient (Wildman–Crippen LogP) is 3.26. The van der Waals surface area contributed by atoms with E-state index < -0.39 is 0 Å². The average Bonchev–Trinajstić information content (AvgIpc) is 3.11. The Labute approximate surface area is 149 Å². The zero-order valence-electron chi connectivity index (χ0n) is 13.9. The maximum absolute atomic E-state index is 12.2. The number of benzene rings is 1. The van der Waals surface area contributed by atoms with Gasteiger partial charge < -0.3 is 10.6 Å². The Hall–Kier alpha value is -1.85. The number of nitrogens with zero attached hydrogens (tertiary/aromatic N) is 2. The molecule has 1 aromatic carbocycles. The van der Waals surface area contributed by atoms with Gasteiger partial charge in [-0.3, -0.25) is 4.79 Å². The van der Waals surface area contributed by atoms with E-state index in [2.05, 4.69) is 22.7 Å². The average molecular weight is 349 g/mol. The quantitative estimate of drug-likeness (QED) is 0.872. The molecule has 2 unspecified atom stereocenters. The summed E-state index contributed by atoms with van der Waals surface area (Å²) in [4.78, 5) is 12.2. The lowest BCUT2D eigenvalue weighted by Gasteiger charge is -2.28. The van der Waals surface area contributed by atoms with Gasteiger partial charge in [-0.05, 0) is 68.1 Å². The molecule has 130 valence electrons. The predicted molar refractivity (Wildman–Crippen MR) is 98.8 cm³/mol. The fourth-order valence-electron chi connectivity index (χ4n) is 3.15. The number of piperidine rings is 1. The Morgan fingerprint density at radius 1 is 1.42 bits per heavy atom. The van der Waals surface area contributed by atoms with Gasteiger partial charge in [-0.25, -0.2) is 4.68 Å². The van der Waals surface area contributed by atoms with E-state index in [-0.39, 0.29) is 18.3 Å². The van der Waals surface area contributed by atoms with Crippen molar-refractivity contribution >= 4 is 24.0 Å². The van der Waals surface area contributed by atoms with Gasteiger partial charge in [0.05, 0.1) is 5.69 Å². The van der Waals surface area contributed by atoms with Crippen LogP contribution < -0.4 is 10.6 Å². The van der Waals surface area contributed by atoms with Gasteiger partial charge in [-0.15, -0.1) is 12.4 Å². The molecular formula is C18H25ClN4O. The van der Waals surface area contributed by atoms with E-state index >= 15 is 0 Å². The third kappa shape index (κ3) is 4.82. The monoisotopic (exact) mass is 348 g/mol. The van der Waals surface area contributed by atoms with Crippen LogP contribution in [0.4, 0.5) is 5.69 Å². The van der Waals surface area contributed by atoms with Crippen LogP contribution in [0.5, 0.6) is 0 Å². The van der Waals surface area contributed by atoms with E-state index in [1.165, 1.54) is 12.8 Å². The van der Waals surface area contributed by atoms with Crippen LogP contribution in [0.15, 0.2) is 42.7 Å². The van der Waals surface area contributed by atoms with Crippen molar-refractivity contribution in [3.8, 4) is 5.69 Å². The Morgan fingerprint density at radius 3 is 2.83 bits per heavy atom. The summed E-state index contributed by atoms with van der Waals surface area (Å²) in [5, 5.41) is 10.6. The van der Waals surface area contributed by atoms with Crippen LogP contribution in [0.1, 0.15) is 26.2 Å². The van der Waals surface area contributed by atoms with Gasteiger partial charge in [0.25, 0.3) is 0 Å². The summed E-state index contributed by atoms with van der Waals surface area (Å²) >= 11 is 0. The first kappa shape index (κ1) is 18.5. The number of carbonyl (C=O) groups is 1. The molecule has 3 rings (SSSR count). The normalized spacial score (nSPS) is 18.5. The minimum Gasteiger partial charge on any atom is -0.326 e. The SMILES string of the molecule is CC(CC(=O)Nc1ccc(-n2cccn2)cc1)C1CCCNC1.Cl. The molecule has 1 aliphatic rings. The van der Waals surface area contributed by atoms with Gasteiger partial charge in [0, 0.05) is 24.5 Å².